The first kappa shape index (κ1) is 18.8. The first-order chi connectivity index (χ1) is 12.0. The summed E-state index contributed by atoms with van der Waals surface area (Å²) in [6, 6.07) is 8.60. The lowest BCUT2D eigenvalue weighted by Crippen LogP contribution is -2.43. The molecule has 0 aliphatic heterocycles. The van der Waals surface area contributed by atoms with Gasteiger partial charge in [0.25, 0.3) is 5.91 Å². The molecule has 0 saturated heterocycles. The summed E-state index contributed by atoms with van der Waals surface area (Å²) in [5.74, 6) is 0.0323. The third kappa shape index (κ3) is 5.79. The number of hydrogen-bond donors (Lipinski definition) is 1. The lowest BCUT2D eigenvalue weighted by atomic mass is 9.86. The Balaban J connectivity index is 1.74. The van der Waals surface area contributed by atoms with Crippen molar-refractivity contribution in [2.75, 3.05) is 6.61 Å². The van der Waals surface area contributed by atoms with Crippen LogP contribution in [0.2, 0.25) is 0 Å². The van der Waals surface area contributed by atoms with E-state index in [-0.39, 0.29) is 18.6 Å². The normalized spacial score (nSPS) is 20.8. The smallest absolute Gasteiger partial charge is 0.347 e. The summed E-state index contributed by atoms with van der Waals surface area (Å²) >= 11 is 0. The van der Waals surface area contributed by atoms with E-state index < -0.39 is 12.1 Å². The minimum Gasteiger partial charge on any atom is -0.479 e. The van der Waals surface area contributed by atoms with Gasteiger partial charge in [0.1, 0.15) is 5.75 Å². The topological polar surface area (TPSA) is 88.4 Å². The largest absolute Gasteiger partial charge is 0.479 e. The van der Waals surface area contributed by atoms with Gasteiger partial charge in [-0.2, -0.15) is 5.26 Å². The average Bonchev–Trinajstić information content (AvgIpc) is 2.62. The lowest BCUT2D eigenvalue weighted by molar-refractivity contribution is -0.155. The molecular formula is C19H24N2O4. The predicted molar refractivity (Wildman–Crippen MR) is 91.8 cm³/mol. The van der Waals surface area contributed by atoms with E-state index in [0.29, 0.717) is 17.2 Å². The Morgan fingerprint density at radius 1 is 1.28 bits per heavy atom. The van der Waals surface area contributed by atoms with Crippen molar-refractivity contribution in [1.82, 2.24) is 5.32 Å². The molecule has 6 nitrogen and oxygen atoms in total. The maximum atomic E-state index is 12.0. The third-order valence-corrected chi connectivity index (χ3v) is 4.43. The second-order valence-electron chi connectivity index (χ2n) is 6.44. The number of nitrogens with zero attached hydrogens (tertiary/aromatic N) is 1. The summed E-state index contributed by atoms with van der Waals surface area (Å²) in [5, 5.41) is 11.7. The van der Waals surface area contributed by atoms with Gasteiger partial charge in [-0.3, -0.25) is 4.79 Å². The summed E-state index contributed by atoms with van der Waals surface area (Å²) in [7, 11) is 0. The van der Waals surface area contributed by atoms with E-state index in [2.05, 4.69) is 12.2 Å². The number of ether oxygens (including phenoxy) is 2. The van der Waals surface area contributed by atoms with E-state index in [1.807, 2.05) is 6.07 Å². The van der Waals surface area contributed by atoms with E-state index in [4.69, 9.17) is 14.7 Å². The minimum absolute atomic E-state index is 0.160. The second-order valence-corrected chi connectivity index (χ2v) is 6.44. The van der Waals surface area contributed by atoms with Crippen LogP contribution in [0.1, 0.15) is 45.1 Å². The number of nitriles is 1. The highest BCUT2D eigenvalue weighted by atomic mass is 16.6. The molecular weight excluding hydrogens is 320 g/mol. The van der Waals surface area contributed by atoms with Gasteiger partial charge in [-0.05, 0) is 49.9 Å². The van der Waals surface area contributed by atoms with Gasteiger partial charge in [-0.15, -0.1) is 0 Å². The molecule has 0 spiro atoms. The highest BCUT2D eigenvalue weighted by Crippen LogP contribution is 2.23. The maximum absolute atomic E-state index is 12.0. The summed E-state index contributed by atoms with van der Waals surface area (Å²) in [4.78, 5) is 23.9. The fourth-order valence-electron chi connectivity index (χ4n) is 2.89. The summed E-state index contributed by atoms with van der Waals surface area (Å²) < 4.78 is 10.5. The molecule has 1 aromatic rings. The molecule has 134 valence electrons. The van der Waals surface area contributed by atoms with Gasteiger partial charge in [0.15, 0.2) is 12.7 Å². The zero-order chi connectivity index (χ0) is 18.2. The van der Waals surface area contributed by atoms with E-state index in [1.54, 1.807) is 31.2 Å². The van der Waals surface area contributed by atoms with Crippen LogP contribution in [0, 0.1) is 17.2 Å². The SMILES string of the molecule is C[C@@H]1CCCC[C@@H]1NC(=O)COC(=O)[C@@H](C)Oc1ccc(C#N)cc1. The van der Waals surface area contributed by atoms with Crippen LogP contribution in [0.25, 0.3) is 0 Å². The summed E-state index contributed by atoms with van der Waals surface area (Å²) in [6.45, 7) is 3.38. The lowest BCUT2D eigenvalue weighted by Gasteiger charge is -2.29. The first-order valence-corrected chi connectivity index (χ1v) is 8.62. The molecule has 25 heavy (non-hydrogen) atoms. The molecule has 1 saturated carbocycles. The predicted octanol–water partition coefficient (Wildman–Crippen LogP) is 2.56. The van der Waals surface area contributed by atoms with Crippen molar-refractivity contribution in [3.8, 4) is 11.8 Å². The van der Waals surface area contributed by atoms with Gasteiger partial charge >= 0.3 is 5.97 Å². The molecule has 0 bridgehead atoms. The molecule has 1 aromatic carbocycles. The van der Waals surface area contributed by atoms with Crippen LogP contribution in [0.15, 0.2) is 24.3 Å². The van der Waals surface area contributed by atoms with E-state index >= 15 is 0 Å². The van der Waals surface area contributed by atoms with Crippen LogP contribution in [0.5, 0.6) is 5.75 Å². The molecule has 6 heteroatoms. The van der Waals surface area contributed by atoms with Gasteiger partial charge in [0.2, 0.25) is 0 Å². The molecule has 1 aliphatic rings. The Kier molecular flexibility index (Phi) is 6.81. The van der Waals surface area contributed by atoms with Crippen molar-refractivity contribution in [2.45, 2.75) is 51.7 Å². The van der Waals surface area contributed by atoms with Crippen molar-refractivity contribution in [1.29, 1.82) is 5.26 Å². The Hall–Kier alpha value is -2.55. The van der Waals surface area contributed by atoms with Crippen LogP contribution in [-0.2, 0) is 14.3 Å². The number of carbonyl (C=O) groups excluding carboxylic acids is 2. The molecule has 0 radical (unpaired) electrons. The van der Waals surface area contributed by atoms with E-state index in [1.165, 1.54) is 6.42 Å². The van der Waals surface area contributed by atoms with Crippen LogP contribution in [0.4, 0.5) is 0 Å². The molecule has 3 atom stereocenters. The molecule has 1 N–H and O–H groups in total. The number of amides is 1. The fourth-order valence-corrected chi connectivity index (χ4v) is 2.89. The molecule has 0 aromatic heterocycles. The minimum atomic E-state index is -0.839. The average molecular weight is 344 g/mol. The third-order valence-electron chi connectivity index (χ3n) is 4.43. The fraction of sp³-hybridized carbons (Fsp3) is 0.526. The quantitative estimate of drug-likeness (QED) is 0.801. The monoisotopic (exact) mass is 344 g/mol. The molecule has 1 fully saturated rings. The van der Waals surface area contributed by atoms with Crippen molar-refractivity contribution in [2.24, 2.45) is 5.92 Å². The Morgan fingerprint density at radius 2 is 1.96 bits per heavy atom. The molecule has 0 heterocycles. The van der Waals surface area contributed by atoms with E-state index in [0.717, 1.165) is 19.3 Å². The van der Waals surface area contributed by atoms with Crippen LogP contribution < -0.4 is 10.1 Å². The zero-order valence-electron chi connectivity index (χ0n) is 14.7. The maximum Gasteiger partial charge on any atom is 0.347 e. The van der Waals surface area contributed by atoms with Crippen molar-refractivity contribution < 1.29 is 19.1 Å². The highest BCUT2D eigenvalue weighted by molar-refractivity contribution is 5.82. The molecule has 0 unspecified atom stereocenters. The molecule has 1 amide bonds. The number of rotatable bonds is 6. The summed E-state index contributed by atoms with van der Waals surface area (Å²) in [6.07, 6.45) is 3.56. The summed E-state index contributed by atoms with van der Waals surface area (Å²) in [5.41, 5.74) is 0.510. The molecule has 2 rings (SSSR count). The van der Waals surface area contributed by atoms with Crippen molar-refractivity contribution in [3.05, 3.63) is 29.8 Å². The Morgan fingerprint density at radius 3 is 2.60 bits per heavy atom. The van der Waals surface area contributed by atoms with Crippen LogP contribution >= 0.6 is 0 Å². The Bertz CT molecular complexity index is 636. The van der Waals surface area contributed by atoms with Crippen molar-refractivity contribution in [3.63, 3.8) is 0 Å². The first-order valence-electron chi connectivity index (χ1n) is 8.62. The van der Waals surface area contributed by atoms with Crippen LogP contribution in [-0.4, -0.2) is 30.6 Å². The number of benzene rings is 1. The number of carbonyl (C=O) groups is 2. The number of hydrogen-bond acceptors (Lipinski definition) is 5. The van der Waals surface area contributed by atoms with Gasteiger partial charge < -0.3 is 14.8 Å². The van der Waals surface area contributed by atoms with Gasteiger partial charge in [-0.1, -0.05) is 19.8 Å². The zero-order valence-corrected chi connectivity index (χ0v) is 14.7. The molecule has 1 aliphatic carbocycles. The Labute approximate surface area is 148 Å². The highest BCUT2D eigenvalue weighted by Gasteiger charge is 2.24. The van der Waals surface area contributed by atoms with E-state index in [9.17, 15) is 9.59 Å². The van der Waals surface area contributed by atoms with Gasteiger partial charge in [-0.25, -0.2) is 4.79 Å². The second kappa shape index (κ2) is 9.07. The van der Waals surface area contributed by atoms with Gasteiger partial charge in [0, 0.05) is 6.04 Å². The standard InChI is InChI=1S/C19H24N2O4/c1-13-5-3-4-6-17(13)21-18(22)12-24-19(23)14(2)25-16-9-7-15(11-20)8-10-16/h7-10,13-14,17H,3-6,12H2,1-2H3,(H,21,22)/t13-,14-,17+/m1/s1. The van der Waals surface area contributed by atoms with Gasteiger partial charge in [0.05, 0.1) is 11.6 Å². The van der Waals surface area contributed by atoms with Crippen molar-refractivity contribution >= 4 is 11.9 Å². The number of esters is 1. The number of nitrogens with one attached hydrogen (secondary N) is 1. The van der Waals surface area contributed by atoms with Crippen LogP contribution in [0.3, 0.4) is 0 Å².